The van der Waals surface area contributed by atoms with Gasteiger partial charge in [-0.3, -0.25) is 0 Å². The highest BCUT2D eigenvalue weighted by Gasteiger charge is 2.06. The summed E-state index contributed by atoms with van der Waals surface area (Å²) < 4.78 is 6.10. The molecule has 2 aromatic rings. The lowest BCUT2D eigenvalue weighted by Crippen LogP contribution is -2.06. The van der Waals surface area contributed by atoms with Crippen molar-refractivity contribution in [2.45, 2.75) is 0 Å². The molecule has 0 aliphatic rings. The molecule has 0 aliphatic carbocycles. The van der Waals surface area contributed by atoms with Gasteiger partial charge < -0.3 is 10.1 Å². The molecule has 0 spiro atoms. The second kappa shape index (κ2) is 5.77. The predicted octanol–water partition coefficient (Wildman–Crippen LogP) is 3.69. The van der Waals surface area contributed by atoms with Crippen LogP contribution in [0.4, 0.5) is 5.13 Å². The number of hydrogen-bond acceptors (Lipinski definition) is 5. The second-order valence-corrected chi connectivity index (χ2v) is 6.38. The molecule has 6 heteroatoms. The highest BCUT2D eigenvalue weighted by molar-refractivity contribution is 9.11. The predicted molar refractivity (Wildman–Crippen MR) is 73.5 cm³/mol. The number of aromatic nitrogens is 1. The highest BCUT2D eigenvalue weighted by atomic mass is 79.9. The Balaban J connectivity index is 2.02. The molecule has 16 heavy (non-hydrogen) atoms. The fourth-order valence-corrected chi connectivity index (χ4v) is 3.34. The number of thiophene rings is 1. The molecule has 2 heterocycles. The summed E-state index contributed by atoms with van der Waals surface area (Å²) in [5.74, 6) is 0. The monoisotopic (exact) mass is 318 g/mol. The van der Waals surface area contributed by atoms with E-state index in [1.807, 2.05) is 6.07 Å². The van der Waals surface area contributed by atoms with Crippen LogP contribution in [0.1, 0.15) is 0 Å². The Morgan fingerprint density at radius 2 is 2.38 bits per heavy atom. The summed E-state index contributed by atoms with van der Waals surface area (Å²) in [7, 11) is 1.69. The van der Waals surface area contributed by atoms with E-state index in [1.54, 1.807) is 29.8 Å². The zero-order valence-corrected chi connectivity index (χ0v) is 11.9. The van der Waals surface area contributed by atoms with Crippen LogP contribution in [0.25, 0.3) is 10.6 Å². The Hall–Kier alpha value is -0.430. The molecule has 0 unspecified atom stereocenters. The van der Waals surface area contributed by atoms with Crippen LogP contribution in [0.5, 0.6) is 0 Å². The molecular formula is C10H11BrN2OS2. The SMILES string of the molecule is COCCNc1nc(-c2ccc(Br)s2)cs1. The van der Waals surface area contributed by atoms with Crippen molar-refractivity contribution >= 4 is 43.7 Å². The van der Waals surface area contributed by atoms with E-state index in [0.717, 1.165) is 21.2 Å². The fourth-order valence-electron chi connectivity index (χ4n) is 1.18. The third-order valence-electron chi connectivity index (χ3n) is 1.91. The van der Waals surface area contributed by atoms with Gasteiger partial charge in [-0.15, -0.1) is 22.7 Å². The van der Waals surface area contributed by atoms with Crippen LogP contribution < -0.4 is 5.32 Å². The first-order valence-electron chi connectivity index (χ1n) is 4.73. The number of nitrogens with one attached hydrogen (secondary N) is 1. The maximum atomic E-state index is 4.97. The normalized spacial score (nSPS) is 10.6. The molecule has 0 fully saturated rings. The van der Waals surface area contributed by atoms with Gasteiger partial charge in [0, 0.05) is 19.0 Å². The Morgan fingerprint density at radius 1 is 1.50 bits per heavy atom. The maximum Gasteiger partial charge on any atom is 0.183 e. The van der Waals surface area contributed by atoms with Crippen molar-refractivity contribution in [3.8, 4) is 10.6 Å². The number of anilines is 1. The summed E-state index contributed by atoms with van der Waals surface area (Å²) >= 11 is 6.76. The number of hydrogen-bond donors (Lipinski definition) is 1. The Labute approximate surface area is 111 Å². The lowest BCUT2D eigenvalue weighted by molar-refractivity contribution is 0.211. The van der Waals surface area contributed by atoms with Crippen LogP contribution in [0, 0.1) is 0 Å². The van der Waals surface area contributed by atoms with Crippen LogP contribution in [0.3, 0.4) is 0 Å². The van der Waals surface area contributed by atoms with Crippen LogP contribution in [0.2, 0.25) is 0 Å². The van der Waals surface area contributed by atoms with Gasteiger partial charge >= 0.3 is 0 Å². The quantitative estimate of drug-likeness (QED) is 0.854. The van der Waals surface area contributed by atoms with Gasteiger partial charge in [0.25, 0.3) is 0 Å². The van der Waals surface area contributed by atoms with Crippen molar-refractivity contribution in [2.75, 3.05) is 25.6 Å². The third-order valence-corrected chi connectivity index (χ3v) is 4.36. The van der Waals surface area contributed by atoms with Crippen molar-refractivity contribution in [1.82, 2.24) is 4.98 Å². The minimum atomic E-state index is 0.694. The Kier molecular flexibility index (Phi) is 4.34. The van der Waals surface area contributed by atoms with Crippen LogP contribution in [0.15, 0.2) is 21.3 Å². The number of ether oxygens (including phenoxy) is 1. The van der Waals surface area contributed by atoms with E-state index in [-0.39, 0.29) is 0 Å². The maximum absolute atomic E-state index is 4.97. The standard InChI is InChI=1S/C10H11BrN2OS2/c1-14-5-4-12-10-13-7(6-15-10)8-2-3-9(11)16-8/h2-3,6H,4-5H2,1H3,(H,12,13). The van der Waals surface area contributed by atoms with Crippen LogP contribution >= 0.6 is 38.6 Å². The summed E-state index contributed by atoms with van der Waals surface area (Å²) in [4.78, 5) is 5.69. The molecule has 2 rings (SSSR count). The molecule has 86 valence electrons. The smallest absolute Gasteiger partial charge is 0.183 e. The minimum absolute atomic E-state index is 0.694. The van der Waals surface area contributed by atoms with Gasteiger partial charge in [0.1, 0.15) is 0 Å². The molecule has 0 aliphatic heterocycles. The van der Waals surface area contributed by atoms with Crippen molar-refractivity contribution in [2.24, 2.45) is 0 Å². The fraction of sp³-hybridized carbons (Fsp3) is 0.300. The first-order chi connectivity index (χ1) is 7.79. The Bertz CT molecular complexity index is 455. The molecule has 0 bridgehead atoms. The molecule has 0 saturated heterocycles. The van der Waals surface area contributed by atoms with Crippen molar-refractivity contribution in [3.05, 3.63) is 21.3 Å². The van der Waals surface area contributed by atoms with E-state index < -0.39 is 0 Å². The van der Waals surface area contributed by atoms with Crippen LogP contribution in [-0.2, 0) is 4.74 Å². The number of thiazole rings is 1. The average Bonchev–Trinajstić information content (AvgIpc) is 2.87. The molecule has 0 atom stereocenters. The number of halogens is 1. The largest absolute Gasteiger partial charge is 0.383 e. The van der Waals surface area contributed by atoms with E-state index in [1.165, 1.54) is 4.88 Å². The minimum Gasteiger partial charge on any atom is -0.383 e. The van der Waals surface area contributed by atoms with Gasteiger partial charge in [0.2, 0.25) is 0 Å². The third kappa shape index (κ3) is 3.04. The number of methoxy groups -OCH3 is 1. The average molecular weight is 319 g/mol. The van der Waals surface area contributed by atoms with Crippen molar-refractivity contribution < 1.29 is 4.74 Å². The molecular weight excluding hydrogens is 308 g/mol. The molecule has 0 radical (unpaired) electrons. The second-order valence-electron chi connectivity index (χ2n) is 3.06. The lowest BCUT2D eigenvalue weighted by atomic mass is 10.4. The highest BCUT2D eigenvalue weighted by Crippen LogP contribution is 2.32. The molecule has 1 N–H and O–H groups in total. The van der Waals surface area contributed by atoms with E-state index in [0.29, 0.717) is 6.61 Å². The van der Waals surface area contributed by atoms with Gasteiger partial charge in [0.05, 0.1) is 21.0 Å². The topological polar surface area (TPSA) is 34.1 Å². The van der Waals surface area contributed by atoms with Crippen LogP contribution in [-0.4, -0.2) is 25.2 Å². The summed E-state index contributed by atoms with van der Waals surface area (Å²) in [5, 5.41) is 6.22. The molecule has 3 nitrogen and oxygen atoms in total. The summed E-state index contributed by atoms with van der Waals surface area (Å²) in [6.07, 6.45) is 0. The summed E-state index contributed by atoms with van der Waals surface area (Å²) in [6, 6.07) is 4.11. The van der Waals surface area contributed by atoms with Crippen molar-refractivity contribution in [3.63, 3.8) is 0 Å². The van der Waals surface area contributed by atoms with Gasteiger partial charge in [-0.25, -0.2) is 4.98 Å². The number of nitrogens with zero attached hydrogens (tertiary/aromatic N) is 1. The van der Waals surface area contributed by atoms with Gasteiger partial charge in [-0.05, 0) is 28.1 Å². The van der Waals surface area contributed by atoms with E-state index in [2.05, 4.69) is 37.7 Å². The lowest BCUT2D eigenvalue weighted by Gasteiger charge is -1.99. The zero-order chi connectivity index (χ0) is 11.4. The summed E-state index contributed by atoms with van der Waals surface area (Å²) in [6.45, 7) is 1.48. The molecule has 0 saturated carbocycles. The zero-order valence-electron chi connectivity index (χ0n) is 8.70. The van der Waals surface area contributed by atoms with E-state index >= 15 is 0 Å². The molecule has 0 amide bonds. The first kappa shape index (κ1) is 12.0. The van der Waals surface area contributed by atoms with Gasteiger partial charge in [-0.2, -0.15) is 0 Å². The van der Waals surface area contributed by atoms with E-state index in [4.69, 9.17) is 4.74 Å². The van der Waals surface area contributed by atoms with Gasteiger partial charge in [0.15, 0.2) is 5.13 Å². The summed E-state index contributed by atoms with van der Waals surface area (Å²) in [5.41, 5.74) is 1.03. The first-order valence-corrected chi connectivity index (χ1v) is 7.22. The molecule has 2 aromatic heterocycles. The van der Waals surface area contributed by atoms with E-state index in [9.17, 15) is 0 Å². The van der Waals surface area contributed by atoms with Crippen molar-refractivity contribution in [1.29, 1.82) is 0 Å². The number of rotatable bonds is 5. The Morgan fingerprint density at radius 3 is 3.06 bits per heavy atom. The molecule has 0 aromatic carbocycles. The van der Waals surface area contributed by atoms with Gasteiger partial charge in [-0.1, -0.05) is 0 Å².